The molecule has 0 amide bonds. The highest BCUT2D eigenvalue weighted by Crippen LogP contribution is 2.19. The molecule has 90 valence electrons. The molecule has 2 aromatic heterocycles. The van der Waals surface area contributed by atoms with Crippen molar-refractivity contribution in [2.45, 2.75) is 31.7 Å². The van der Waals surface area contributed by atoms with Gasteiger partial charge >= 0.3 is 0 Å². The maximum Gasteiger partial charge on any atom is 0.250 e. The van der Waals surface area contributed by atoms with Crippen LogP contribution in [0.5, 0.6) is 0 Å². The van der Waals surface area contributed by atoms with Gasteiger partial charge < -0.3 is 14.2 Å². The van der Waals surface area contributed by atoms with Gasteiger partial charge in [-0.2, -0.15) is 0 Å². The predicted octanol–water partition coefficient (Wildman–Crippen LogP) is 2.01. The average Bonchev–Trinajstić information content (AvgIpc) is 2.84. The van der Waals surface area contributed by atoms with E-state index in [-0.39, 0.29) is 0 Å². The largest absolute Gasteiger partial charge is 0.472 e. The molecule has 2 heterocycles. The third kappa shape index (κ3) is 2.74. The summed E-state index contributed by atoms with van der Waals surface area (Å²) in [6.45, 7) is 1.02. The molecule has 0 saturated heterocycles. The van der Waals surface area contributed by atoms with E-state index in [4.69, 9.17) is 8.83 Å². The van der Waals surface area contributed by atoms with Crippen LogP contribution in [0.25, 0.3) is 11.5 Å². The van der Waals surface area contributed by atoms with Crippen molar-refractivity contribution in [2.24, 2.45) is 0 Å². The Labute approximate surface area is 99.2 Å². The van der Waals surface area contributed by atoms with E-state index >= 15 is 0 Å². The number of furan rings is 1. The summed E-state index contributed by atoms with van der Waals surface area (Å²) in [4.78, 5) is 0. The van der Waals surface area contributed by atoms with E-state index in [1.54, 1.807) is 12.5 Å². The molecule has 1 saturated carbocycles. The number of hydrogen-bond donors (Lipinski definition) is 1. The van der Waals surface area contributed by atoms with Crippen molar-refractivity contribution in [1.82, 2.24) is 15.5 Å². The molecule has 17 heavy (non-hydrogen) atoms. The van der Waals surface area contributed by atoms with Crippen molar-refractivity contribution < 1.29 is 8.83 Å². The molecule has 1 N–H and O–H groups in total. The standard InChI is InChI=1S/C12H15N3O2/c1(6-13-10-3-4-10)2-11-14-15-12(17-11)9-5-7-16-8-9/h5,7-8,10,13H,1-4,6H2. The van der Waals surface area contributed by atoms with Gasteiger partial charge in [0.15, 0.2) is 0 Å². The number of hydrogen-bond acceptors (Lipinski definition) is 5. The summed E-state index contributed by atoms with van der Waals surface area (Å²) in [6, 6.07) is 2.57. The average molecular weight is 233 g/mol. The van der Waals surface area contributed by atoms with Gasteiger partial charge in [-0.1, -0.05) is 0 Å². The van der Waals surface area contributed by atoms with Gasteiger partial charge in [0, 0.05) is 12.5 Å². The van der Waals surface area contributed by atoms with Crippen LogP contribution >= 0.6 is 0 Å². The van der Waals surface area contributed by atoms with Crippen molar-refractivity contribution in [3.8, 4) is 11.5 Å². The Morgan fingerprint density at radius 2 is 2.29 bits per heavy atom. The molecule has 1 aliphatic rings. The summed E-state index contributed by atoms with van der Waals surface area (Å²) in [6.07, 6.45) is 7.70. The Morgan fingerprint density at radius 1 is 1.35 bits per heavy atom. The second kappa shape index (κ2) is 4.71. The Balaban J connectivity index is 1.50. The van der Waals surface area contributed by atoms with Gasteiger partial charge in [0.25, 0.3) is 5.89 Å². The fourth-order valence-corrected chi connectivity index (χ4v) is 1.69. The minimum Gasteiger partial charge on any atom is -0.472 e. The molecule has 0 aromatic carbocycles. The molecule has 2 aromatic rings. The van der Waals surface area contributed by atoms with Crippen LogP contribution in [-0.2, 0) is 6.42 Å². The molecular weight excluding hydrogens is 218 g/mol. The van der Waals surface area contributed by atoms with Gasteiger partial charge in [-0.3, -0.25) is 0 Å². The molecule has 5 nitrogen and oxygen atoms in total. The van der Waals surface area contributed by atoms with Crippen molar-refractivity contribution in [3.05, 3.63) is 24.5 Å². The zero-order valence-corrected chi connectivity index (χ0v) is 9.56. The van der Waals surface area contributed by atoms with E-state index in [0.717, 1.165) is 31.0 Å². The maximum absolute atomic E-state index is 5.54. The Bertz CT molecular complexity index is 460. The van der Waals surface area contributed by atoms with Crippen LogP contribution in [0.3, 0.4) is 0 Å². The van der Waals surface area contributed by atoms with Crippen LogP contribution in [0.1, 0.15) is 25.2 Å². The quantitative estimate of drug-likeness (QED) is 0.773. The van der Waals surface area contributed by atoms with E-state index in [2.05, 4.69) is 15.5 Å². The first-order chi connectivity index (χ1) is 8.42. The second-order valence-corrected chi connectivity index (χ2v) is 4.34. The van der Waals surface area contributed by atoms with Crippen LogP contribution in [0.15, 0.2) is 27.4 Å². The highest BCUT2D eigenvalue weighted by molar-refractivity contribution is 5.49. The lowest BCUT2D eigenvalue weighted by atomic mass is 10.3. The molecule has 0 atom stereocenters. The normalized spacial score (nSPS) is 15.3. The van der Waals surface area contributed by atoms with E-state index in [1.165, 1.54) is 12.8 Å². The van der Waals surface area contributed by atoms with E-state index in [0.29, 0.717) is 11.8 Å². The first-order valence-corrected chi connectivity index (χ1v) is 6.00. The molecule has 1 fully saturated rings. The van der Waals surface area contributed by atoms with Crippen LogP contribution in [-0.4, -0.2) is 22.8 Å². The summed E-state index contributed by atoms with van der Waals surface area (Å²) in [5, 5.41) is 11.5. The molecule has 5 heteroatoms. The van der Waals surface area contributed by atoms with Gasteiger partial charge in [0.2, 0.25) is 5.89 Å². The lowest BCUT2D eigenvalue weighted by Gasteiger charge is -1.99. The van der Waals surface area contributed by atoms with E-state index < -0.39 is 0 Å². The number of nitrogens with zero attached hydrogens (tertiary/aromatic N) is 2. The summed E-state index contributed by atoms with van der Waals surface area (Å²) in [5.74, 6) is 1.22. The summed E-state index contributed by atoms with van der Waals surface area (Å²) < 4.78 is 10.5. The third-order valence-corrected chi connectivity index (χ3v) is 2.81. The van der Waals surface area contributed by atoms with E-state index in [1.807, 2.05) is 6.07 Å². The Kier molecular flexibility index (Phi) is 2.92. The van der Waals surface area contributed by atoms with Crippen LogP contribution < -0.4 is 5.32 Å². The van der Waals surface area contributed by atoms with Crippen LogP contribution in [0.4, 0.5) is 0 Å². The van der Waals surface area contributed by atoms with Crippen molar-refractivity contribution >= 4 is 0 Å². The van der Waals surface area contributed by atoms with Crippen molar-refractivity contribution in [1.29, 1.82) is 0 Å². The highest BCUT2D eigenvalue weighted by atomic mass is 16.4. The summed E-state index contributed by atoms with van der Waals surface area (Å²) in [5.41, 5.74) is 0.833. The number of rotatable bonds is 6. The van der Waals surface area contributed by atoms with E-state index in [9.17, 15) is 0 Å². The van der Waals surface area contributed by atoms with Gasteiger partial charge in [0.1, 0.15) is 6.26 Å². The Hall–Kier alpha value is -1.62. The molecule has 0 aliphatic heterocycles. The van der Waals surface area contributed by atoms with Crippen molar-refractivity contribution in [3.63, 3.8) is 0 Å². The molecule has 0 spiro atoms. The molecule has 1 aliphatic carbocycles. The minimum absolute atomic E-state index is 0.531. The number of nitrogens with one attached hydrogen (secondary N) is 1. The minimum atomic E-state index is 0.531. The molecular formula is C12H15N3O2. The van der Waals surface area contributed by atoms with Crippen LogP contribution in [0.2, 0.25) is 0 Å². The molecule has 0 radical (unpaired) electrons. The first-order valence-electron chi connectivity index (χ1n) is 6.00. The highest BCUT2D eigenvalue weighted by Gasteiger charge is 2.19. The summed E-state index contributed by atoms with van der Waals surface area (Å²) in [7, 11) is 0. The predicted molar refractivity (Wildman–Crippen MR) is 61.3 cm³/mol. The number of aromatic nitrogens is 2. The fraction of sp³-hybridized carbons (Fsp3) is 0.500. The fourth-order valence-electron chi connectivity index (χ4n) is 1.69. The van der Waals surface area contributed by atoms with Crippen molar-refractivity contribution in [2.75, 3.05) is 6.54 Å². The lowest BCUT2D eigenvalue weighted by molar-refractivity contribution is 0.489. The van der Waals surface area contributed by atoms with Crippen LogP contribution in [0, 0.1) is 0 Å². The third-order valence-electron chi connectivity index (χ3n) is 2.81. The van der Waals surface area contributed by atoms with Gasteiger partial charge in [0.05, 0.1) is 11.8 Å². The SMILES string of the molecule is c1cc(-c2nnc(CCCNC3CC3)o2)co1. The zero-order valence-electron chi connectivity index (χ0n) is 9.56. The molecule has 0 bridgehead atoms. The molecule has 3 rings (SSSR count). The zero-order chi connectivity index (χ0) is 11.5. The summed E-state index contributed by atoms with van der Waals surface area (Å²) >= 11 is 0. The van der Waals surface area contributed by atoms with Gasteiger partial charge in [-0.25, -0.2) is 0 Å². The number of aryl methyl sites for hydroxylation is 1. The monoisotopic (exact) mass is 233 g/mol. The first kappa shape index (κ1) is 10.5. The Morgan fingerprint density at radius 3 is 3.06 bits per heavy atom. The lowest BCUT2D eigenvalue weighted by Crippen LogP contribution is -2.17. The maximum atomic E-state index is 5.54. The van der Waals surface area contributed by atoms with Gasteiger partial charge in [-0.05, 0) is 31.9 Å². The second-order valence-electron chi connectivity index (χ2n) is 4.34. The topological polar surface area (TPSA) is 64.1 Å². The van der Waals surface area contributed by atoms with Gasteiger partial charge in [-0.15, -0.1) is 10.2 Å². The smallest absolute Gasteiger partial charge is 0.250 e. The molecule has 0 unspecified atom stereocenters.